The fourth-order valence-electron chi connectivity index (χ4n) is 3.50. The molecule has 1 aromatic heterocycles. The van der Waals surface area contributed by atoms with Gasteiger partial charge in [-0.2, -0.15) is 18.3 Å². The third-order valence-corrected chi connectivity index (χ3v) is 6.25. The first-order chi connectivity index (χ1) is 13.2. The van der Waals surface area contributed by atoms with Crippen LogP contribution in [0.1, 0.15) is 44.0 Å². The number of hydrogen-bond acceptors (Lipinski definition) is 4. The molecule has 2 aliphatic rings. The number of nitrogens with zero attached hydrogens (tertiary/aromatic N) is 3. The molecule has 1 amide bonds. The molecule has 2 aromatic rings. The normalized spacial score (nSPS) is 20.2. The summed E-state index contributed by atoms with van der Waals surface area (Å²) < 4.78 is 40.7. The molecule has 1 fully saturated rings. The summed E-state index contributed by atoms with van der Waals surface area (Å²) in [6.45, 7) is 3.80. The second-order valence-corrected chi connectivity index (χ2v) is 8.35. The van der Waals surface area contributed by atoms with Crippen molar-refractivity contribution in [2.75, 3.05) is 4.90 Å². The number of thioether (sulfide) groups is 1. The Hall–Kier alpha value is -2.42. The third-order valence-electron chi connectivity index (χ3n) is 4.96. The zero-order valence-electron chi connectivity index (χ0n) is 15.3. The van der Waals surface area contributed by atoms with Crippen LogP contribution in [0.4, 0.5) is 18.9 Å². The van der Waals surface area contributed by atoms with Crippen molar-refractivity contribution in [3.63, 3.8) is 0 Å². The number of nitrogens with two attached hydrogens (primary N) is 1. The lowest BCUT2D eigenvalue weighted by Crippen LogP contribution is -2.24. The Bertz CT molecular complexity index is 961. The van der Waals surface area contributed by atoms with Crippen LogP contribution in [0.5, 0.6) is 0 Å². The van der Waals surface area contributed by atoms with Crippen molar-refractivity contribution in [1.82, 2.24) is 9.78 Å². The lowest BCUT2D eigenvalue weighted by atomic mass is 10.2. The van der Waals surface area contributed by atoms with E-state index in [9.17, 15) is 18.0 Å². The molecule has 1 saturated carbocycles. The third kappa shape index (κ3) is 3.28. The van der Waals surface area contributed by atoms with E-state index >= 15 is 0 Å². The van der Waals surface area contributed by atoms with E-state index in [1.165, 1.54) is 16.4 Å². The Kier molecular flexibility index (Phi) is 4.45. The number of carbonyl (C=O) groups is 1. The van der Waals surface area contributed by atoms with Crippen LogP contribution >= 0.6 is 11.8 Å². The monoisotopic (exact) mass is 408 g/mol. The molecule has 5 nitrogen and oxygen atoms in total. The van der Waals surface area contributed by atoms with Gasteiger partial charge < -0.3 is 10.6 Å². The average Bonchev–Trinajstić information content (AvgIpc) is 3.28. The summed E-state index contributed by atoms with van der Waals surface area (Å²) in [6.07, 6.45) is -2.71. The van der Waals surface area contributed by atoms with Crippen molar-refractivity contribution in [2.24, 2.45) is 5.73 Å². The molecule has 0 spiro atoms. The number of alkyl halides is 3. The van der Waals surface area contributed by atoms with Crippen LogP contribution in [0.2, 0.25) is 0 Å². The van der Waals surface area contributed by atoms with Crippen LogP contribution < -0.4 is 10.6 Å². The number of aromatic nitrogens is 2. The second kappa shape index (κ2) is 6.58. The van der Waals surface area contributed by atoms with Gasteiger partial charge in [-0.1, -0.05) is 11.8 Å². The highest BCUT2D eigenvalue weighted by Gasteiger charge is 2.38. The Morgan fingerprint density at radius 2 is 1.82 bits per heavy atom. The Morgan fingerprint density at radius 1 is 1.21 bits per heavy atom. The molecular weight excluding hydrogens is 389 g/mol. The van der Waals surface area contributed by atoms with Crippen LogP contribution in [-0.2, 0) is 11.0 Å². The number of hydrogen-bond donors (Lipinski definition) is 1. The molecule has 4 rings (SSSR count). The highest BCUT2D eigenvalue weighted by molar-refractivity contribution is 8.05. The Labute approximate surface area is 164 Å². The van der Waals surface area contributed by atoms with E-state index in [2.05, 4.69) is 5.10 Å². The molecular formula is C19H19F3N4OS. The second-order valence-electron chi connectivity index (χ2n) is 7.02. The van der Waals surface area contributed by atoms with Crippen molar-refractivity contribution in [3.8, 4) is 5.69 Å². The van der Waals surface area contributed by atoms with Crippen molar-refractivity contribution in [1.29, 1.82) is 0 Å². The van der Waals surface area contributed by atoms with Gasteiger partial charge in [-0.05, 0) is 57.0 Å². The van der Waals surface area contributed by atoms with Crippen LogP contribution in [0.15, 0.2) is 40.9 Å². The van der Waals surface area contributed by atoms with Gasteiger partial charge in [0, 0.05) is 23.0 Å². The molecule has 1 aromatic carbocycles. The quantitative estimate of drug-likeness (QED) is 0.815. The largest absolute Gasteiger partial charge is 0.435 e. The SMILES string of the molecule is CC1=C(C(N)=O)SC(C)N1c1ccc(-n2nc(C(F)(F)F)cc2C2CC2)cc1. The van der Waals surface area contributed by atoms with E-state index in [1.54, 1.807) is 12.1 Å². The summed E-state index contributed by atoms with van der Waals surface area (Å²) in [5.41, 5.74) is 7.35. The zero-order chi connectivity index (χ0) is 20.2. The number of allylic oxidation sites excluding steroid dienone is 1. The highest BCUT2D eigenvalue weighted by Crippen LogP contribution is 2.44. The van der Waals surface area contributed by atoms with Gasteiger partial charge in [0.1, 0.15) is 0 Å². The van der Waals surface area contributed by atoms with E-state index < -0.39 is 17.8 Å². The summed E-state index contributed by atoms with van der Waals surface area (Å²) in [4.78, 5) is 14.1. The predicted molar refractivity (Wildman–Crippen MR) is 102 cm³/mol. The van der Waals surface area contributed by atoms with Crippen molar-refractivity contribution in [2.45, 2.75) is 44.2 Å². The summed E-state index contributed by atoms with van der Waals surface area (Å²) in [5.74, 6) is -0.333. The molecule has 1 aliphatic heterocycles. The van der Waals surface area contributed by atoms with Gasteiger partial charge in [0.25, 0.3) is 5.91 Å². The summed E-state index contributed by atoms with van der Waals surface area (Å²) >= 11 is 1.39. The van der Waals surface area contributed by atoms with Gasteiger partial charge in [0.2, 0.25) is 0 Å². The lowest BCUT2D eigenvalue weighted by Gasteiger charge is -2.25. The van der Waals surface area contributed by atoms with E-state index in [0.29, 0.717) is 16.3 Å². The van der Waals surface area contributed by atoms with Crippen LogP contribution in [-0.4, -0.2) is 21.1 Å². The molecule has 148 valence electrons. The fourth-order valence-corrected chi connectivity index (χ4v) is 4.61. The van der Waals surface area contributed by atoms with Gasteiger partial charge in [0.15, 0.2) is 5.69 Å². The Balaban J connectivity index is 1.68. The smallest absolute Gasteiger partial charge is 0.365 e. The molecule has 2 N–H and O–H groups in total. The summed E-state index contributed by atoms with van der Waals surface area (Å²) in [6, 6.07) is 8.30. The predicted octanol–water partition coefficient (Wildman–Crippen LogP) is 4.38. The first kappa shape index (κ1) is 18.9. The van der Waals surface area contributed by atoms with Crippen LogP contribution in [0.25, 0.3) is 5.69 Å². The standard InChI is InChI=1S/C19H19F3N4OS/c1-10-17(18(23)27)28-11(2)25(10)13-5-7-14(8-6-13)26-15(12-3-4-12)9-16(24-26)19(20,21)22/h5-9,11-12H,3-4H2,1-2H3,(H2,23,27). The van der Waals surface area contributed by atoms with Gasteiger partial charge in [-0.25, -0.2) is 4.68 Å². The first-order valence-corrected chi connectivity index (χ1v) is 9.79. The number of amides is 1. The lowest BCUT2D eigenvalue weighted by molar-refractivity contribution is -0.141. The van der Waals surface area contributed by atoms with Crippen LogP contribution in [0, 0.1) is 0 Å². The molecule has 2 heterocycles. The molecule has 28 heavy (non-hydrogen) atoms. The van der Waals surface area contributed by atoms with Crippen molar-refractivity contribution in [3.05, 3.63) is 52.3 Å². The fraction of sp³-hybridized carbons (Fsp3) is 0.368. The molecule has 9 heteroatoms. The van der Waals surface area contributed by atoms with Gasteiger partial charge in [0.05, 0.1) is 16.0 Å². The molecule has 0 bridgehead atoms. The van der Waals surface area contributed by atoms with Crippen LogP contribution in [0.3, 0.4) is 0 Å². The topological polar surface area (TPSA) is 64.2 Å². The van der Waals surface area contributed by atoms with E-state index in [1.807, 2.05) is 30.9 Å². The minimum atomic E-state index is -4.47. The molecule has 0 saturated heterocycles. The zero-order valence-corrected chi connectivity index (χ0v) is 16.1. The number of primary amides is 1. The highest BCUT2D eigenvalue weighted by atomic mass is 32.2. The van der Waals surface area contributed by atoms with E-state index in [-0.39, 0.29) is 11.3 Å². The number of anilines is 1. The number of halogens is 3. The number of benzene rings is 1. The van der Waals surface area contributed by atoms with Crippen molar-refractivity contribution >= 4 is 23.4 Å². The minimum absolute atomic E-state index is 0.00286. The van der Waals surface area contributed by atoms with Gasteiger partial charge >= 0.3 is 6.18 Å². The summed E-state index contributed by atoms with van der Waals surface area (Å²) in [5, 5.41) is 3.81. The maximum atomic E-state index is 13.1. The maximum Gasteiger partial charge on any atom is 0.435 e. The number of carbonyl (C=O) groups excluding carboxylic acids is 1. The maximum absolute atomic E-state index is 13.1. The first-order valence-electron chi connectivity index (χ1n) is 8.91. The molecule has 1 atom stereocenters. The van der Waals surface area contributed by atoms with Crippen molar-refractivity contribution < 1.29 is 18.0 Å². The molecule has 1 aliphatic carbocycles. The molecule has 0 radical (unpaired) electrons. The minimum Gasteiger partial charge on any atom is -0.365 e. The Morgan fingerprint density at radius 3 is 2.32 bits per heavy atom. The average molecular weight is 408 g/mol. The van der Waals surface area contributed by atoms with Gasteiger partial charge in [-0.15, -0.1) is 0 Å². The summed E-state index contributed by atoms with van der Waals surface area (Å²) in [7, 11) is 0. The van der Waals surface area contributed by atoms with Gasteiger partial charge in [-0.3, -0.25) is 4.79 Å². The molecule has 1 unspecified atom stereocenters. The number of rotatable bonds is 4. The van der Waals surface area contributed by atoms with E-state index in [4.69, 9.17) is 5.73 Å². The van der Waals surface area contributed by atoms with E-state index in [0.717, 1.165) is 30.3 Å².